The average Bonchev–Trinajstić information content (AvgIpc) is 2.43. The minimum absolute atomic E-state index is 0.0129. The summed E-state index contributed by atoms with van der Waals surface area (Å²) < 4.78 is 0. The quantitative estimate of drug-likeness (QED) is 0.791. The predicted octanol–water partition coefficient (Wildman–Crippen LogP) is 3.00. The van der Waals surface area contributed by atoms with Crippen LogP contribution in [0.4, 0.5) is 4.79 Å². The number of nitrogens with one attached hydrogen (secondary N) is 1. The molecule has 0 aromatic heterocycles. The van der Waals surface area contributed by atoms with Crippen molar-refractivity contribution in [1.29, 1.82) is 0 Å². The minimum Gasteiger partial charge on any atom is -0.481 e. The van der Waals surface area contributed by atoms with Gasteiger partial charge in [0, 0.05) is 19.1 Å². The maximum absolute atomic E-state index is 12.4. The van der Waals surface area contributed by atoms with Crippen LogP contribution in [0.2, 0.25) is 0 Å². The zero-order valence-corrected chi connectivity index (χ0v) is 13.1. The van der Waals surface area contributed by atoms with Crippen LogP contribution in [0.3, 0.4) is 0 Å². The summed E-state index contributed by atoms with van der Waals surface area (Å²) in [6, 6.07) is 0.349. The lowest BCUT2D eigenvalue weighted by Gasteiger charge is -2.42. The van der Waals surface area contributed by atoms with Gasteiger partial charge in [-0.05, 0) is 38.0 Å². The van der Waals surface area contributed by atoms with Gasteiger partial charge < -0.3 is 15.3 Å². The molecule has 21 heavy (non-hydrogen) atoms. The minimum atomic E-state index is -0.761. The van der Waals surface area contributed by atoms with Crippen LogP contribution in [0.1, 0.15) is 64.7 Å². The number of aliphatic carboxylic acids is 1. The van der Waals surface area contributed by atoms with Crippen LogP contribution in [-0.2, 0) is 4.79 Å². The number of urea groups is 1. The van der Waals surface area contributed by atoms with Crippen molar-refractivity contribution in [1.82, 2.24) is 10.2 Å². The van der Waals surface area contributed by atoms with Crippen molar-refractivity contribution in [2.75, 3.05) is 13.1 Å². The Morgan fingerprint density at radius 3 is 2.33 bits per heavy atom. The highest BCUT2D eigenvalue weighted by atomic mass is 16.4. The second-order valence-electron chi connectivity index (χ2n) is 6.66. The molecule has 0 saturated heterocycles. The van der Waals surface area contributed by atoms with Crippen LogP contribution in [0.15, 0.2) is 0 Å². The van der Waals surface area contributed by atoms with Crippen LogP contribution < -0.4 is 5.32 Å². The first kappa shape index (κ1) is 16.1. The molecule has 0 atom stereocenters. The largest absolute Gasteiger partial charge is 0.481 e. The molecule has 2 aliphatic carbocycles. The van der Waals surface area contributed by atoms with E-state index in [4.69, 9.17) is 5.11 Å². The van der Waals surface area contributed by atoms with Gasteiger partial charge in [0.2, 0.25) is 0 Å². The highest BCUT2D eigenvalue weighted by Gasteiger charge is 2.39. The van der Waals surface area contributed by atoms with Gasteiger partial charge >= 0.3 is 12.0 Å². The molecule has 0 aromatic rings. The van der Waals surface area contributed by atoms with E-state index in [9.17, 15) is 9.59 Å². The Morgan fingerprint density at radius 2 is 1.86 bits per heavy atom. The first-order valence-electron chi connectivity index (χ1n) is 8.32. The summed E-state index contributed by atoms with van der Waals surface area (Å²) in [6.45, 7) is 3.24. The van der Waals surface area contributed by atoms with Crippen LogP contribution in [0, 0.1) is 5.41 Å². The molecule has 0 aliphatic heterocycles. The fraction of sp³-hybridized carbons (Fsp3) is 0.875. The molecule has 0 heterocycles. The molecule has 5 heteroatoms. The van der Waals surface area contributed by atoms with E-state index in [-0.39, 0.29) is 17.9 Å². The molecule has 2 aliphatic rings. The van der Waals surface area contributed by atoms with Gasteiger partial charge in [0.25, 0.3) is 0 Å². The number of nitrogens with zero attached hydrogens (tertiary/aromatic N) is 1. The van der Waals surface area contributed by atoms with Gasteiger partial charge in [-0.25, -0.2) is 4.79 Å². The van der Waals surface area contributed by atoms with Crippen LogP contribution in [-0.4, -0.2) is 41.1 Å². The van der Waals surface area contributed by atoms with E-state index in [2.05, 4.69) is 5.32 Å². The molecule has 2 rings (SSSR count). The first-order chi connectivity index (χ1) is 10.1. The fourth-order valence-corrected chi connectivity index (χ4v) is 3.74. The lowest BCUT2D eigenvalue weighted by molar-refractivity contribution is -0.141. The summed E-state index contributed by atoms with van der Waals surface area (Å²) in [6.07, 6.45) is 8.95. The van der Waals surface area contributed by atoms with Crippen molar-refractivity contribution in [2.24, 2.45) is 5.41 Å². The zero-order valence-electron chi connectivity index (χ0n) is 13.1. The number of carbonyl (C=O) groups excluding carboxylic acids is 1. The molecule has 0 bridgehead atoms. The number of amides is 2. The number of carboxylic acid groups (broad SMARTS) is 1. The van der Waals surface area contributed by atoms with Crippen molar-refractivity contribution < 1.29 is 14.7 Å². The van der Waals surface area contributed by atoms with E-state index in [1.807, 2.05) is 11.8 Å². The Hall–Kier alpha value is -1.26. The molecule has 2 N–H and O–H groups in total. The van der Waals surface area contributed by atoms with E-state index in [0.717, 1.165) is 38.6 Å². The molecule has 5 nitrogen and oxygen atoms in total. The third-order valence-electron chi connectivity index (χ3n) is 5.17. The van der Waals surface area contributed by atoms with Gasteiger partial charge in [-0.15, -0.1) is 0 Å². The molecular formula is C16H28N2O3. The van der Waals surface area contributed by atoms with E-state index < -0.39 is 5.97 Å². The molecule has 120 valence electrons. The lowest BCUT2D eigenvalue weighted by atomic mass is 9.66. The van der Waals surface area contributed by atoms with Gasteiger partial charge in [-0.2, -0.15) is 0 Å². The predicted molar refractivity (Wildman–Crippen MR) is 81.2 cm³/mol. The third kappa shape index (κ3) is 4.11. The number of carbonyl (C=O) groups is 2. The molecule has 2 fully saturated rings. The van der Waals surface area contributed by atoms with Gasteiger partial charge in [-0.1, -0.05) is 25.7 Å². The summed E-state index contributed by atoms with van der Waals surface area (Å²) >= 11 is 0. The van der Waals surface area contributed by atoms with Gasteiger partial charge in [0.1, 0.15) is 0 Å². The summed E-state index contributed by atoms with van der Waals surface area (Å²) in [4.78, 5) is 25.3. The van der Waals surface area contributed by atoms with E-state index in [1.165, 1.54) is 19.3 Å². The van der Waals surface area contributed by atoms with Crippen molar-refractivity contribution in [3.63, 3.8) is 0 Å². The Kier molecular flexibility index (Phi) is 5.48. The van der Waals surface area contributed by atoms with Crippen LogP contribution >= 0.6 is 0 Å². The van der Waals surface area contributed by atoms with E-state index in [0.29, 0.717) is 12.6 Å². The number of rotatable bonds is 6. The van der Waals surface area contributed by atoms with Crippen LogP contribution in [0.25, 0.3) is 0 Å². The monoisotopic (exact) mass is 296 g/mol. The normalized spacial score (nSPS) is 21.4. The molecular weight excluding hydrogens is 268 g/mol. The average molecular weight is 296 g/mol. The maximum Gasteiger partial charge on any atom is 0.317 e. The molecule has 2 saturated carbocycles. The van der Waals surface area contributed by atoms with Crippen molar-refractivity contribution in [3.05, 3.63) is 0 Å². The zero-order chi connectivity index (χ0) is 15.3. The summed E-state index contributed by atoms with van der Waals surface area (Å²) in [7, 11) is 0. The highest BCUT2D eigenvalue weighted by molar-refractivity contribution is 5.75. The maximum atomic E-state index is 12.4. The molecule has 0 radical (unpaired) electrons. The second kappa shape index (κ2) is 7.14. The topological polar surface area (TPSA) is 69.6 Å². The number of hydrogen-bond acceptors (Lipinski definition) is 2. The molecule has 0 unspecified atom stereocenters. The van der Waals surface area contributed by atoms with Crippen molar-refractivity contribution in [2.45, 2.75) is 70.8 Å². The van der Waals surface area contributed by atoms with Crippen LogP contribution in [0.5, 0.6) is 0 Å². The Morgan fingerprint density at radius 1 is 1.19 bits per heavy atom. The third-order valence-corrected chi connectivity index (χ3v) is 5.17. The molecule has 2 amide bonds. The molecule has 0 aromatic carbocycles. The Bertz CT molecular complexity index is 374. The van der Waals surface area contributed by atoms with Gasteiger partial charge in [-0.3, -0.25) is 4.79 Å². The fourth-order valence-electron chi connectivity index (χ4n) is 3.74. The van der Waals surface area contributed by atoms with Crippen molar-refractivity contribution in [3.8, 4) is 0 Å². The summed E-state index contributed by atoms with van der Waals surface area (Å²) in [5.41, 5.74) is -0.201. The smallest absolute Gasteiger partial charge is 0.317 e. The Balaban J connectivity index is 1.85. The SMILES string of the molecule is CCN(C(=O)NCC1(CC(=O)O)CCC1)C1CCCCC1. The Labute approximate surface area is 127 Å². The van der Waals surface area contributed by atoms with Gasteiger partial charge in [0.05, 0.1) is 6.42 Å². The van der Waals surface area contributed by atoms with Gasteiger partial charge in [0.15, 0.2) is 0 Å². The second-order valence-corrected chi connectivity index (χ2v) is 6.66. The molecule has 0 spiro atoms. The summed E-state index contributed by atoms with van der Waals surface area (Å²) in [5, 5.41) is 12.0. The van der Waals surface area contributed by atoms with E-state index >= 15 is 0 Å². The number of hydrogen-bond donors (Lipinski definition) is 2. The summed E-state index contributed by atoms with van der Waals surface area (Å²) in [5.74, 6) is -0.761. The number of carboxylic acids is 1. The standard InChI is InChI=1S/C16H28N2O3/c1-2-18(13-7-4-3-5-8-13)15(21)17-12-16(9-6-10-16)11-14(19)20/h13H,2-12H2,1H3,(H,17,21)(H,19,20). The lowest BCUT2D eigenvalue weighted by Crippen LogP contribution is -2.51. The highest BCUT2D eigenvalue weighted by Crippen LogP contribution is 2.43. The first-order valence-corrected chi connectivity index (χ1v) is 8.32. The van der Waals surface area contributed by atoms with E-state index in [1.54, 1.807) is 0 Å². The van der Waals surface area contributed by atoms with Crippen molar-refractivity contribution >= 4 is 12.0 Å².